The van der Waals surface area contributed by atoms with Gasteiger partial charge in [-0.25, -0.2) is 0 Å². The number of methoxy groups -OCH3 is 1. The summed E-state index contributed by atoms with van der Waals surface area (Å²) in [6.07, 6.45) is 0. The van der Waals surface area contributed by atoms with Crippen molar-refractivity contribution >= 4 is 11.6 Å². The van der Waals surface area contributed by atoms with Gasteiger partial charge in [0.15, 0.2) is 0 Å². The van der Waals surface area contributed by atoms with Crippen molar-refractivity contribution in [3.05, 3.63) is 22.7 Å². The van der Waals surface area contributed by atoms with Crippen molar-refractivity contribution < 1.29 is 14.6 Å². The summed E-state index contributed by atoms with van der Waals surface area (Å²) in [6, 6.07) is 3.54. The van der Waals surface area contributed by atoms with Crippen LogP contribution >= 0.6 is 11.6 Å². The average molecular weight is 245 g/mol. The van der Waals surface area contributed by atoms with E-state index in [1.54, 1.807) is 19.2 Å². The molecule has 0 fully saturated rings. The summed E-state index contributed by atoms with van der Waals surface area (Å²) in [7, 11) is 1.56. The van der Waals surface area contributed by atoms with E-state index in [4.69, 9.17) is 26.2 Å². The van der Waals surface area contributed by atoms with Crippen molar-refractivity contribution in [2.45, 2.75) is 19.8 Å². The predicted octanol–water partition coefficient (Wildman–Crippen LogP) is 2.84. The van der Waals surface area contributed by atoms with Crippen molar-refractivity contribution in [3.8, 4) is 11.5 Å². The first-order chi connectivity index (χ1) is 7.63. The van der Waals surface area contributed by atoms with E-state index >= 15 is 0 Å². The Balaban J connectivity index is 3.18. The molecule has 1 atom stereocenters. The van der Waals surface area contributed by atoms with Gasteiger partial charge in [-0.3, -0.25) is 0 Å². The van der Waals surface area contributed by atoms with Gasteiger partial charge in [0.05, 0.1) is 18.7 Å². The molecule has 4 heteroatoms. The lowest BCUT2D eigenvalue weighted by atomic mass is 10.0. The van der Waals surface area contributed by atoms with Gasteiger partial charge < -0.3 is 14.6 Å². The molecule has 0 heterocycles. The van der Waals surface area contributed by atoms with Gasteiger partial charge >= 0.3 is 0 Å². The molecule has 0 aromatic heterocycles. The van der Waals surface area contributed by atoms with Crippen molar-refractivity contribution in [2.24, 2.45) is 0 Å². The van der Waals surface area contributed by atoms with Gasteiger partial charge in [0.2, 0.25) is 0 Å². The number of halogens is 1. The molecule has 0 bridgehead atoms. The van der Waals surface area contributed by atoms with Gasteiger partial charge in [-0.1, -0.05) is 18.5 Å². The molecule has 16 heavy (non-hydrogen) atoms. The van der Waals surface area contributed by atoms with E-state index in [0.29, 0.717) is 23.1 Å². The molecule has 1 N–H and O–H groups in total. The molecule has 0 spiro atoms. The van der Waals surface area contributed by atoms with Crippen LogP contribution in [0, 0.1) is 0 Å². The third-order valence-corrected chi connectivity index (χ3v) is 2.68. The van der Waals surface area contributed by atoms with E-state index in [1.165, 1.54) is 0 Å². The quantitative estimate of drug-likeness (QED) is 0.866. The minimum absolute atomic E-state index is 0.00930. The minimum atomic E-state index is -0.00930. The van der Waals surface area contributed by atoms with Crippen LogP contribution in [-0.2, 0) is 0 Å². The van der Waals surface area contributed by atoms with Crippen LogP contribution in [0.15, 0.2) is 12.1 Å². The molecule has 0 saturated heterocycles. The standard InChI is InChI=1S/C12H17ClO3/c1-4-16-11-6-12(15-3)10(13)5-9(11)8(2)7-14/h5-6,8,14H,4,7H2,1-3H3. The van der Waals surface area contributed by atoms with Crippen molar-refractivity contribution in [1.82, 2.24) is 0 Å². The molecule has 1 aromatic carbocycles. The molecule has 0 aliphatic rings. The minimum Gasteiger partial charge on any atom is -0.495 e. The number of benzene rings is 1. The van der Waals surface area contributed by atoms with E-state index in [1.807, 2.05) is 13.8 Å². The molecule has 1 aromatic rings. The maximum Gasteiger partial charge on any atom is 0.141 e. The second-order valence-electron chi connectivity index (χ2n) is 3.54. The monoisotopic (exact) mass is 244 g/mol. The Bertz CT molecular complexity index is 352. The SMILES string of the molecule is CCOc1cc(OC)c(Cl)cc1C(C)CO. The zero-order valence-electron chi connectivity index (χ0n) is 9.79. The molecule has 0 amide bonds. The second kappa shape index (κ2) is 5.97. The topological polar surface area (TPSA) is 38.7 Å². The normalized spacial score (nSPS) is 12.3. The highest BCUT2D eigenvalue weighted by atomic mass is 35.5. The van der Waals surface area contributed by atoms with E-state index < -0.39 is 0 Å². The summed E-state index contributed by atoms with van der Waals surface area (Å²) >= 11 is 6.04. The number of hydrogen-bond acceptors (Lipinski definition) is 3. The molecular formula is C12H17ClO3. The number of rotatable bonds is 5. The first-order valence-corrected chi connectivity index (χ1v) is 5.62. The molecule has 0 radical (unpaired) electrons. The Kier molecular flexibility index (Phi) is 4.90. The third-order valence-electron chi connectivity index (χ3n) is 2.39. The fourth-order valence-electron chi connectivity index (χ4n) is 1.47. The summed E-state index contributed by atoms with van der Waals surface area (Å²) in [5.41, 5.74) is 0.898. The van der Waals surface area contributed by atoms with Crippen LogP contribution in [0.25, 0.3) is 0 Å². The smallest absolute Gasteiger partial charge is 0.141 e. The fraction of sp³-hybridized carbons (Fsp3) is 0.500. The van der Waals surface area contributed by atoms with Crippen molar-refractivity contribution in [2.75, 3.05) is 20.3 Å². The lowest BCUT2D eigenvalue weighted by Gasteiger charge is -2.16. The average Bonchev–Trinajstić information content (AvgIpc) is 2.30. The Morgan fingerprint density at radius 2 is 2.06 bits per heavy atom. The molecule has 0 aliphatic heterocycles. The van der Waals surface area contributed by atoms with E-state index in [2.05, 4.69) is 0 Å². The largest absolute Gasteiger partial charge is 0.495 e. The van der Waals surface area contributed by atoms with E-state index in [0.717, 1.165) is 5.56 Å². The maximum atomic E-state index is 9.17. The third kappa shape index (κ3) is 2.80. The molecule has 1 unspecified atom stereocenters. The van der Waals surface area contributed by atoms with Crippen LogP contribution in [0.3, 0.4) is 0 Å². The Hall–Kier alpha value is -0.930. The Morgan fingerprint density at radius 1 is 1.38 bits per heavy atom. The van der Waals surface area contributed by atoms with Gasteiger partial charge in [0.25, 0.3) is 0 Å². The van der Waals surface area contributed by atoms with Crippen LogP contribution in [0.5, 0.6) is 11.5 Å². The van der Waals surface area contributed by atoms with Crippen LogP contribution in [0.4, 0.5) is 0 Å². The maximum absolute atomic E-state index is 9.17. The summed E-state index contributed by atoms with van der Waals surface area (Å²) in [5.74, 6) is 1.29. The van der Waals surface area contributed by atoms with E-state index in [-0.39, 0.29) is 12.5 Å². The molecule has 0 aliphatic carbocycles. The zero-order chi connectivity index (χ0) is 12.1. The molecule has 0 saturated carbocycles. The summed E-state index contributed by atoms with van der Waals surface area (Å²) in [4.78, 5) is 0. The van der Waals surface area contributed by atoms with Gasteiger partial charge in [0.1, 0.15) is 11.5 Å². The summed E-state index contributed by atoms with van der Waals surface area (Å²) < 4.78 is 10.6. The van der Waals surface area contributed by atoms with Gasteiger partial charge in [-0.15, -0.1) is 0 Å². The first-order valence-electron chi connectivity index (χ1n) is 5.25. The Labute approximate surface area is 101 Å². The number of aliphatic hydroxyl groups is 1. The van der Waals surface area contributed by atoms with Crippen LogP contribution in [0.2, 0.25) is 5.02 Å². The van der Waals surface area contributed by atoms with Crippen LogP contribution < -0.4 is 9.47 Å². The van der Waals surface area contributed by atoms with Gasteiger partial charge in [-0.05, 0) is 13.0 Å². The number of hydrogen-bond donors (Lipinski definition) is 1. The molecular weight excluding hydrogens is 228 g/mol. The van der Waals surface area contributed by atoms with Crippen molar-refractivity contribution in [3.63, 3.8) is 0 Å². The second-order valence-corrected chi connectivity index (χ2v) is 3.95. The highest BCUT2D eigenvalue weighted by Crippen LogP contribution is 2.36. The first kappa shape index (κ1) is 13.1. The lowest BCUT2D eigenvalue weighted by molar-refractivity contribution is 0.266. The van der Waals surface area contributed by atoms with E-state index in [9.17, 15) is 0 Å². The van der Waals surface area contributed by atoms with Crippen LogP contribution in [-0.4, -0.2) is 25.4 Å². The molecule has 1 rings (SSSR count). The van der Waals surface area contributed by atoms with Crippen molar-refractivity contribution in [1.29, 1.82) is 0 Å². The fourth-order valence-corrected chi connectivity index (χ4v) is 1.72. The summed E-state index contributed by atoms with van der Waals surface area (Å²) in [5, 5.41) is 9.70. The number of ether oxygens (including phenoxy) is 2. The van der Waals surface area contributed by atoms with Crippen LogP contribution in [0.1, 0.15) is 25.3 Å². The highest BCUT2D eigenvalue weighted by molar-refractivity contribution is 6.32. The van der Waals surface area contributed by atoms with Gasteiger partial charge in [-0.2, -0.15) is 0 Å². The number of aliphatic hydroxyl groups excluding tert-OH is 1. The zero-order valence-corrected chi connectivity index (χ0v) is 10.5. The summed E-state index contributed by atoms with van der Waals surface area (Å²) in [6.45, 7) is 4.45. The highest BCUT2D eigenvalue weighted by Gasteiger charge is 2.15. The lowest BCUT2D eigenvalue weighted by Crippen LogP contribution is -2.04. The predicted molar refractivity (Wildman–Crippen MR) is 64.7 cm³/mol. The molecule has 90 valence electrons. The molecule has 3 nitrogen and oxygen atoms in total. The van der Waals surface area contributed by atoms with Gasteiger partial charge in [0, 0.05) is 24.2 Å². The Morgan fingerprint density at radius 3 is 2.56 bits per heavy atom.